The number of furan rings is 1. The maximum Gasteiger partial charge on any atom is 0.328 e. The van der Waals surface area contributed by atoms with Gasteiger partial charge in [-0.15, -0.1) is 11.3 Å². The normalized spacial score (nSPS) is 11.4. The largest absolute Gasteiger partial charge is 0.478 e. The Morgan fingerprint density at radius 3 is 2.89 bits per heavy atom. The molecule has 0 fully saturated rings. The number of thiazole rings is 1. The van der Waals surface area contributed by atoms with Crippen LogP contribution in [-0.4, -0.2) is 16.1 Å². The van der Waals surface area contributed by atoms with Crippen LogP contribution in [0.1, 0.15) is 5.76 Å². The summed E-state index contributed by atoms with van der Waals surface area (Å²) in [5.74, 6) is 0.140. The van der Waals surface area contributed by atoms with Gasteiger partial charge in [-0.2, -0.15) is 0 Å². The number of carboxylic acid groups (broad SMARTS) is 1. The van der Waals surface area contributed by atoms with E-state index in [1.54, 1.807) is 23.5 Å². The van der Waals surface area contributed by atoms with E-state index in [0.29, 0.717) is 11.5 Å². The van der Waals surface area contributed by atoms with Crippen molar-refractivity contribution in [3.63, 3.8) is 0 Å². The second kappa shape index (κ2) is 4.70. The molecule has 19 heavy (non-hydrogen) atoms. The lowest BCUT2D eigenvalue weighted by molar-refractivity contribution is -0.131. The maximum atomic E-state index is 10.4. The number of hydrogen-bond acceptors (Lipinski definition) is 4. The van der Waals surface area contributed by atoms with Gasteiger partial charge >= 0.3 is 5.97 Å². The van der Waals surface area contributed by atoms with Gasteiger partial charge in [0, 0.05) is 6.08 Å². The molecule has 0 radical (unpaired) electrons. The molecule has 1 aromatic carbocycles. The van der Waals surface area contributed by atoms with Crippen LogP contribution in [0.25, 0.3) is 27.1 Å². The second-order valence-electron chi connectivity index (χ2n) is 3.86. The standard InChI is InChI=1S/C14H9NO3S/c16-13(17)8-6-9-5-7-11(18-9)14-15-10-3-1-2-4-12(10)19-14/h1-8H,(H,16,17)/b8-6-. The Kier molecular flexibility index (Phi) is 2.89. The first-order valence-electron chi connectivity index (χ1n) is 5.59. The molecule has 0 saturated carbocycles. The number of aliphatic carboxylic acids is 1. The molecule has 0 aliphatic carbocycles. The molecule has 94 valence electrons. The molecule has 0 spiro atoms. The van der Waals surface area contributed by atoms with Crippen molar-refractivity contribution < 1.29 is 14.3 Å². The summed E-state index contributed by atoms with van der Waals surface area (Å²) >= 11 is 1.54. The summed E-state index contributed by atoms with van der Waals surface area (Å²) in [5.41, 5.74) is 0.932. The molecule has 0 aliphatic rings. The van der Waals surface area contributed by atoms with E-state index >= 15 is 0 Å². The molecule has 0 unspecified atom stereocenters. The van der Waals surface area contributed by atoms with Gasteiger partial charge in [-0.25, -0.2) is 9.78 Å². The summed E-state index contributed by atoms with van der Waals surface area (Å²) in [4.78, 5) is 14.9. The number of hydrogen-bond donors (Lipinski definition) is 1. The number of aromatic nitrogens is 1. The predicted octanol–water partition coefficient (Wildman–Crippen LogP) is 3.65. The summed E-state index contributed by atoms with van der Waals surface area (Å²) < 4.78 is 6.64. The van der Waals surface area contributed by atoms with E-state index in [0.717, 1.165) is 21.3 Å². The average Bonchev–Trinajstić information content (AvgIpc) is 3.02. The molecule has 4 nitrogen and oxygen atoms in total. The van der Waals surface area contributed by atoms with Crippen molar-refractivity contribution in [3.05, 3.63) is 48.2 Å². The van der Waals surface area contributed by atoms with Crippen LogP contribution in [0.4, 0.5) is 0 Å². The summed E-state index contributed by atoms with van der Waals surface area (Å²) in [6, 6.07) is 11.4. The molecule has 0 amide bonds. The monoisotopic (exact) mass is 271 g/mol. The minimum absolute atomic E-state index is 0.497. The first kappa shape index (κ1) is 11.7. The van der Waals surface area contributed by atoms with Gasteiger partial charge in [0.15, 0.2) is 10.8 Å². The highest BCUT2D eigenvalue weighted by Gasteiger charge is 2.09. The van der Waals surface area contributed by atoms with Crippen LogP contribution in [0.15, 0.2) is 46.9 Å². The Bertz CT molecular complexity index is 737. The second-order valence-corrected chi connectivity index (χ2v) is 4.89. The molecule has 0 atom stereocenters. The van der Waals surface area contributed by atoms with Crippen LogP contribution in [0.3, 0.4) is 0 Å². The van der Waals surface area contributed by atoms with E-state index in [1.807, 2.05) is 24.3 Å². The zero-order valence-corrected chi connectivity index (χ0v) is 10.6. The molecule has 3 aromatic rings. The Labute approximate surface area is 112 Å². The van der Waals surface area contributed by atoms with Gasteiger partial charge in [0.25, 0.3) is 0 Å². The van der Waals surface area contributed by atoms with Crippen molar-refractivity contribution >= 4 is 33.6 Å². The number of fused-ring (bicyclic) bond motifs is 1. The first-order chi connectivity index (χ1) is 9.22. The molecule has 0 saturated heterocycles. The molecular weight excluding hydrogens is 262 g/mol. The molecular formula is C14H9NO3S. The minimum Gasteiger partial charge on any atom is -0.478 e. The quantitative estimate of drug-likeness (QED) is 0.738. The van der Waals surface area contributed by atoms with Crippen LogP contribution in [0.2, 0.25) is 0 Å². The molecule has 2 aromatic heterocycles. The number of para-hydroxylation sites is 1. The molecule has 2 heterocycles. The van der Waals surface area contributed by atoms with Crippen LogP contribution in [0.5, 0.6) is 0 Å². The number of nitrogens with zero attached hydrogens (tertiary/aromatic N) is 1. The minimum atomic E-state index is -1.00. The summed E-state index contributed by atoms with van der Waals surface area (Å²) in [6.45, 7) is 0. The average molecular weight is 271 g/mol. The van der Waals surface area contributed by atoms with Gasteiger partial charge in [-0.05, 0) is 30.3 Å². The van der Waals surface area contributed by atoms with Crippen molar-refractivity contribution in [1.82, 2.24) is 4.98 Å². The van der Waals surface area contributed by atoms with E-state index < -0.39 is 5.97 Å². The molecule has 3 rings (SSSR count). The van der Waals surface area contributed by atoms with Crippen molar-refractivity contribution in [1.29, 1.82) is 0 Å². The van der Waals surface area contributed by atoms with Gasteiger partial charge in [-0.3, -0.25) is 0 Å². The fourth-order valence-electron chi connectivity index (χ4n) is 1.69. The summed E-state index contributed by atoms with van der Waals surface area (Å²) in [5, 5.41) is 9.34. The number of benzene rings is 1. The maximum absolute atomic E-state index is 10.4. The molecule has 5 heteroatoms. The lowest BCUT2D eigenvalue weighted by Crippen LogP contribution is -1.84. The molecule has 0 aliphatic heterocycles. The Balaban J connectivity index is 1.96. The predicted molar refractivity (Wildman–Crippen MR) is 74.0 cm³/mol. The van der Waals surface area contributed by atoms with Crippen LogP contribution in [0, 0.1) is 0 Å². The van der Waals surface area contributed by atoms with E-state index in [-0.39, 0.29) is 0 Å². The van der Waals surface area contributed by atoms with Crippen molar-refractivity contribution in [3.8, 4) is 10.8 Å². The lowest BCUT2D eigenvalue weighted by Gasteiger charge is -1.87. The third-order valence-corrected chi connectivity index (χ3v) is 3.57. The fourth-order valence-corrected chi connectivity index (χ4v) is 2.62. The fraction of sp³-hybridized carbons (Fsp3) is 0. The SMILES string of the molecule is O=C(O)/C=C\c1ccc(-c2nc3ccccc3s2)o1. The summed E-state index contributed by atoms with van der Waals surface area (Å²) in [6.07, 6.45) is 2.46. The number of rotatable bonds is 3. The molecule has 1 N–H and O–H groups in total. The molecule has 0 bridgehead atoms. The van der Waals surface area contributed by atoms with E-state index in [1.165, 1.54) is 6.08 Å². The lowest BCUT2D eigenvalue weighted by atomic mass is 10.3. The Morgan fingerprint density at radius 2 is 2.11 bits per heavy atom. The van der Waals surface area contributed by atoms with Gasteiger partial charge in [0.2, 0.25) is 0 Å². The van der Waals surface area contributed by atoms with Crippen LogP contribution >= 0.6 is 11.3 Å². The van der Waals surface area contributed by atoms with Gasteiger partial charge in [0.1, 0.15) is 5.76 Å². The van der Waals surface area contributed by atoms with E-state index in [4.69, 9.17) is 9.52 Å². The summed E-state index contributed by atoms with van der Waals surface area (Å²) in [7, 11) is 0. The highest BCUT2D eigenvalue weighted by Crippen LogP contribution is 2.31. The Morgan fingerprint density at radius 1 is 1.26 bits per heavy atom. The highest BCUT2D eigenvalue weighted by atomic mass is 32.1. The van der Waals surface area contributed by atoms with Crippen molar-refractivity contribution in [2.75, 3.05) is 0 Å². The third-order valence-electron chi connectivity index (χ3n) is 2.52. The van der Waals surface area contributed by atoms with Crippen LogP contribution in [-0.2, 0) is 4.79 Å². The first-order valence-corrected chi connectivity index (χ1v) is 6.41. The van der Waals surface area contributed by atoms with Crippen molar-refractivity contribution in [2.24, 2.45) is 0 Å². The van der Waals surface area contributed by atoms with Gasteiger partial charge in [-0.1, -0.05) is 12.1 Å². The van der Waals surface area contributed by atoms with Crippen molar-refractivity contribution in [2.45, 2.75) is 0 Å². The van der Waals surface area contributed by atoms with Crippen LogP contribution < -0.4 is 0 Å². The zero-order valence-electron chi connectivity index (χ0n) is 9.74. The van der Waals surface area contributed by atoms with E-state index in [2.05, 4.69) is 4.98 Å². The number of carbonyl (C=O) groups is 1. The smallest absolute Gasteiger partial charge is 0.328 e. The zero-order chi connectivity index (χ0) is 13.2. The van der Waals surface area contributed by atoms with Gasteiger partial charge < -0.3 is 9.52 Å². The third kappa shape index (κ3) is 2.41. The Hall–Kier alpha value is -2.40. The van der Waals surface area contributed by atoms with Gasteiger partial charge in [0.05, 0.1) is 10.2 Å². The van der Waals surface area contributed by atoms with E-state index in [9.17, 15) is 4.79 Å². The number of carboxylic acids is 1. The highest BCUT2D eigenvalue weighted by molar-refractivity contribution is 7.21. The topological polar surface area (TPSA) is 63.3 Å².